The van der Waals surface area contributed by atoms with E-state index in [1.54, 1.807) is 7.05 Å². The molecule has 0 bridgehead atoms. The van der Waals surface area contributed by atoms with Crippen molar-refractivity contribution in [1.29, 1.82) is 0 Å². The van der Waals surface area contributed by atoms with Crippen LogP contribution >= 0.6 is 23.1 Å². The minimum Gasteiger partial charge on any atom is -0.455 e. The summed E-state index contributed by atoms with van der Waals surface area (Å²) in [6, 6.07) is 16.8. The Morgan fingerprint density at radius 3 is 2.64 bits per heavy atom. The Balaban J connectivity index is 1.61. The van der Waals surface area contributed by atoms with Crippen LogP contribution in [0.25, 0.3) is 0 Å². The maximum absolute atomic E-state index is 12.2. The first kappa shape index (κ1) is 17.2. The Bertz CT molecular complexity index is 839. The first-order valence-electron chi connectivity index (χ1n) is 7.50. The van der Waals surface area contributed by atoms with Gasteiger partial charge in [0.2, 0.25) is 11.0 Å². The zero-order valence-electron chi connectivity index (χ0n) is 13.4. The van der Waals surface area contributed by atoms with Crippen molar-refractivity contribution in [3.63, 3.8) is 0 Å². The number of para-hydroxylation sites is 3. The van der Waals surface area contributed by atoms with Gasteiger partial charge in [-0.1, -0.05) is 53.4 Å². The van der Waals surface area contributed by atoms with Crippen LogP contribution in [0.15, 0.2) is 58.9 Å². The molecule has 3 aromatic rings. The molecular formula is C17H16N4O2S2. The van der Waals surface area contributed by atoms with Crippen LogP contribution in [0.1, 0.15) is 0 Å². The molecular weight excluding hydrogens is 356 g/mol. The molecule has 128 valence electrons. The van der Waals surface area contributed by atoms with E-state index in [2.05, 4.69) is 20.8 Å². The highest BCUT2D eigenvalue weighted by Crippen LogP contribution is 2.30. The molecule has 3 rings (SSSR count). The highest BCUT2D eigenvalue weighted by Gasteiger charge is 2.11. The van der Waals surface area contributed by atoms with Crippen molar-refractivity contribution in [2.24, 2.45) is 0 Å². The molecule has 0 atom stereocenters. The molecule has 0 aliphatic heterocycles. The molecule has 25 heavy (non-hydrogen) atoms. The van der Waals surface area contributed by atoms with Gasteiger partial charge in [0.25, 0.3) is 0 Å². The SMILES string of the molecule is CNc1nnc(SCC(=O)Nc2ccccc2Oc2ccccc2)s1. The van der Waals surface area contributed by atoms with E-state index in [9.17, 15) is 4.79 Å². The summed E-state index contributed by atoms with van der Waals surface area (Å²) < 4.78 is 6.58. The fraction of sp³-hybridized carbons (Fsp3) is 0.118. The van der Waals surface area contributed by atoms with Gasteiger partial charge in [0.15, 0.2) is 10.1 Å². The lowest BCUT2D eigenvalue weighted by Gasteiger charge is -2.11. The number of anilines is 2. The van der Waals surface area contributed by atoms with Crippen molar-refractivity contribution in [3.8, 4) is 11.5 Å². The fourth-order valence-corrected chi connectivity index (χ4v) is 3.46. The Morgan fingerprint density at radius 2 is 1.88 bits per heavy atom. The lowest BCUT2D eigenvalue weighted by Crippen LogP contribution is -2.14. The molecule has 0 aliphatic rings. The predicted molar refractivity (Wildman–Crippen MR) is 102 cm³/mol. The lowest BCUT2D eigenvalue weighted by molar-refractivity contribution is -0.113. The van der Waals surface area contributed by atoms with Gasteiger partial charge < -0.3 is 15.4 Å². The monoisotopic (exact) mass is 372 g/mol. The van der Waals surface area contributed by atoms with E-state index in [1.807, 2.05) is 54.6 Å². The molecule has 0 fully saturated rings. The van der Waals surface area contributed by atoms with E-state index < -0.39 is 0 Å². The molecule has 0 aliphatic carbocycles. The highest BCUT2D eigenvalue weighted by atomic mass is 32.2. The van der Waals surface area contributed by atoms with Crippen molar-refractivity contribution in [2.75, 3.05) is 23.4 Å². The number of thioether (sulfide) groups is 1. The summed E-state index contributed by atoms with van der Waals surface area (Å²) >= 11 is 2.76. The van der Waals surface area contributed by atoms with Crippen LogP contribution in [-0.4, -0.2) is 28.9 Å². The van der Waals surface area contributed by atoms with Gasteiger partial charge in [0, 0.05) is 7.05 Å². The van der Waals surface area contributed by atoms with Gasteiger partial charge >= 0.3 is 0 Å². The molecule has 0 unspecified atom stereocenters. The number of hydrogen-bond donors (Lipinski definition) is 2. The summed E-state index contributed by atoms with van der Waals surface area (Å²) in [4.78, 5) is 12.2. The number of hydrogen-bond acceptors (Lipinski definition) is 7. The summed E-state index contributed by atoms with van der Waals surface area (Å²) in [5.74, 6) is 1.43. The van der Waals surface area contributed by atoms with Gasteiger partial charge in [-0.3, -0.25) is 4.79 Å². The van der Waals surface area contributed by atoms with E-state index in [4.69, 9.17) is 4.74 Å². The molecule has 0 saturated heterocycles. The molecule has 1 heterocycles. The maximum atomic E-state index is 12.2. The first-order valence-corrected chi connectivity index (χ1v) is 9.30. The van der Waals surface area contributed by atoms with Crippen LogP contribution in [0.5, 0.6) is 11.5 Å². The normalized spacial score (nSPS) is 10.3. The minimum absolute atomic E-state index is 0.129. The van der Waals surface area contributed by atoms with Gasteiger partial charge in [-0.25, -0.2) is 0 Å². The van der Waals surface area contributed by atoms with Crippen LogP contribution in [0.3, 0.4) is 0 Å². The van der Waals surface area contributed by atoms with E-state index in [1.165, 1.54) is 23.1 Å². The lowest BCUT2D eigenvalue weighted by atomic mass is 10.3. The number of aromatic nitrogens is 2. The van der Waals surface area contributed by atoms with Gasteiger partial charge in [-0.15, -0.1) is 10.2 Å². The fourth-order valence-electron chi connectivity index (χ4n) is 1.96. The third-order valence-electron chi connectivity index (χ3n) is 3.08. The summed E-state index contributed by atoms with van der Waals surface area (Å²) in [6.07, 6.45) is 0. The predicted octanol–water partition coefficient (Wildman–Crippen LogP) is 4.10. The Hall–Kier alpha value is -2.58. The van der Waals surface area contributed by atoms with Crippen molar-refractivity contribution in [3.05, 3.63) is 54.6 Å². The number of carbonyl (C=O) groups is 1. The Kier molecular flexibility index (Phi) is 5.86. The summed E-state index contributed by atoms with van der Waals surface area (Å²) in [7, 11) is 1.78. The number of nitrogens with zero attached hydrogens (tertiary/aromatic N) is 2. The average molecular weight is 372 g/mol. The van der Waals surface area contributed by atoms with E-state index in [0.29, 0.717) is 17.2 Å². The van der Waals surface area contributed by atoms with E-state index >= 15 is 0 Å². The van der Waals surface area contributed by atoms with Crippen molar-refractivity contribution >= 4 is 39.8 Å². The summed E-state index contributed by atoms with van der Waals surface area (Å²) in [6.45, 7) is 0. The topological polar surface area (TPSA) is 76.1 Å². The molecule has 8 heteroatoms. The number of benzene rings is 2. The molecule has 1 amide bonds. The molecule has 2 aromatic carbocycles. The van der Waals surface area contributed by atoms with Crippen LogP contribution in [-0.2, 0) is 4.79 Å². The molecule has 0 spiro atoms. The van der Waals surface area contributed by atoms with Crippen LogP contribution in [0.4, 0.5) is 10.8 Å². The number of nitrogens with one attached hydrogen (secondary N) is 2. The van der Waals surface area contributed by atoms with E-state index in [-0.39, 0.29) is 11.7 Å². The number of carbonyl (C=O) groups excluding carboxylic acids is 1. The number of rotatable bonds is 7. The molecule has 0 saturated carbocycles. The van der Waals surface area contributed by atoms with Gasteiger partial charge in [-0.05, 0) is 24.3 Å². The zero-order chi connectivity index (χ0) is 17.5. The molecule has 0 radical (unpaired) electrons. The Labute approximate surface area is 153 Å². The number of ether oxygens (including phenoxy) is 1. The molecule has 6 nitrogen and oxygen atoms in total. The maximum Gasteiger partial charge on any atom is 0.234 e. The first-order chi connectivity index (χ1) is 12.2. The van der Waals surface area contributed by atoms with Crippen LogP contribution in [0, 0.1) is 0 Å². The van der Waals surface area contributed by atoms with Gasteiger partial charge in [-0.2, -0.15) is 0 Å². The largest absolute Gasteiger partial charge is 0.455 e. The molecule has 2 N–H and O–H groups in total. The van der Waals surface area contributed by atoms with Gasteiger partial charge in [0.05, 0.1) is 11.4 Å². The summed E-state index contributed by atoms with van der Waals surface area (Å²) in [5.41, 5.74) is 0.630. The van der Waals surface area contributed by atoms with Crippen molar-refractivity contribution < 1.29 is 9.53 Å². The average Bonchev–Trinajstić information content (AvgIpc) is 3.11. The zero-order valence-corrected chi connectivity index (χ0v) is 15.1. The Morgan fingerprint density at radius 1 is 1.12 bits per heavy atom. The van der Waals surface area contributed by atoms with Gasteiger partial charge in [0.1, 0.15) is 5.75 Å². The van der Waals surface area contributed by atoms with Crippen molar-refractivity contribution in [1.82, 2.24) is 10.2 Å². The smallest absolute Gasteiger partial charge is 0.234 e. The van der Waals surface area contributed by atoms with Crippen molar-refractivity contribution in [2.45, 2.75) is 4.34 Å². The second-order valence-electron chi connectivity index (χ2n) is 4.87. The second kappa shape index (κ2) is 8.50. The third kappa shape index (κ3) is 4.94. The van der Waals surface area contributed by atoms with E-state index in [0.717, 1.165) is 9.47 Å². The highest BCUT2D eigenvalue weighted by molar-refractivity contribution is 8.01. The van der Waals surface area contributed by atoms with Crippen LogP contribution in [0.2, 0.25) is 0 Å². The quantitative estimate of drug-likeness (QED) is 0.608. The number of amides is 1. The minimum atomic E-state index is -0.129. The third-order valence-corrected chi connectivity index (χ3v) is 5.15. The second-order valence-corrected chi connectivity index (χ2v) is 7.07. The summed E-state index contributed by atoms with van der Waals surface area (Å²) in [5, 5.41) is 14.5. The standard InChI is InChI=1S/C17H16N4O2S2/c1-18-16-20-21-17(25-16)24-11-15(22)19-13-9-5-6-10-14(13)23-12-7-3-2-4-8-12/h2-10H,11H2,1H3,(H,18,20)(H,19,22). The molecule has 1 aromatic heterocycles. The van der Waals surface area contributed by atoms with Crippen LogP contribution < -0.4 is 15.4 Å².